The molecule has 1 aliphatic heterocycles. The van der Waals surface area contributed by atoms with E-state index in [-0.39, 0.29) is 0 Å². The van der Waals surface area contributed by atoms with E-state index in [1.54, 1.807) is 0 Å². The normalized spacial score (nSPS) is 21.6. The number of fused-ring (bicyclic) bond motifs is 1. The maximum Gasteiger partial charge on any atom is 0.230 e. The van der Waals surface area contributed by atoms with E-state index < -0.39 is 0 Å². The molecule has 1 saturated heterocycles. The van der Waals surface area contributed by atoms with Gasteiger partial charge in [-0.15, -0.1) is 0 Å². The summed E-state index contributed by atoms with van der Waals surface area (Å²) >= 11 is 0. The van der Waals surface area contributed by atoms with Gasteiger partial charge in [-0.05, 0) is 25.7 Å². The van der Waals surface area contributed by atoms with Gasteiger partial charge in [-0.2, -0.15) is 0 Å². The number of nitrogens with zero attached hydrogens (tertiary/aromatic N) is 2. The molecule has 4 nitrogen and oxygen atoms in total. The Morgan fingerprint density at radius 2 is 1.88 bits per heavy atom. The Balaban J connectivity index is 1.86. The second-order valence-corrected chi connectivity index (χ2v) is 4.71. The van der Waals surface area contributed by atoms with Crippen molar-refractivity contribution < 1.29 is 4.52 Å². The lowest BCUT2D eigenvalue weighted by atomic mass is 10.1. The minimum Gasteiger partial charge on any atom is -0.338 e. The van der Waals surface area contributed by atoms with E-state index in [2.05, 4.69) is 15.4 Å². The van der Waals surface area contributed by atoms with E-state index in [0.717, 1.165) is 44.9 Å². The van der Waals surface area contributed by atoms with E-state index in [9.17, 15) is 0 Å². The predicted molar refractivity (Wildman–Crippen MR) is 62.8 cm³/mol. The van der Waals surface area contributed by atoms with Gasteiger partial charge in [-0.25, -0.2) is 0 Å². The molecule has 4 heteroatoms. The Morgan fingerprint density at radius 1 is 1.06 bits per heavy atom. The second kappa shape index (κ2) is 4.45. The monoisotopic (exact) mass is 221 g/mol. The fraction of sp³-hybridized carbons (Fsp3) is 0.750. The van der Waals surface area contributed by atoms with Gasteiger partial charge in [-0.3, -0.25) is 0 Å². The van der Waals surface area contributed by atoms with Gasteiger partial charge < -0.3 is 14.7 Å². The van der Waals surface area contributed by atoms with Crippen LogP contribution in [-0.2, 0) is 12.8 Å². The van der Waals surface area contributed by atoms with Crippen LogP contribution in [0.2, 0.25) is 0 Å². The molecule has 1 aliphatic carbocycles. The van der Waals surface area contributed by atoms with Gasteiger partial charge in [0, 0.05) is 31.7 Å². The molecular formula is C12H19N3O. The van der Waals surface area contributed by atoms with Crippen molar-refractivity contribution >= 4 is 5.88 Å². The van der Waals surface area contributed by atoms with Crippen molar-refractivity contribution in [3.05, 3.63) is 11.3 Å². The SMILES string of the molecule is C1CCc2noc(N3CCNCC3)c2CC1. The van der Waals surface area contributed by atoms with Gasteiger partial charge in [-0.1, -0.05) is 11.6 Å². The van der Waals surface area contributed by atoms with Gasteiger partial charge in [0.2, 0.25) is 5.88 Å². The van der Waals surface area contributed by atoms with Gasteiger partial charge in [0.1, 0.15) is 0 Å². The summed E-state index contributed by atoms with van der Waals surface area (Å²) < 4.78 is 5.56. The molecule has 2 heterocycles. The van der Waals surface area contributed by atoms with Crippen molar-refractivity contribution in [1.82, 2.24) is 10.5 Å². The number of hydrogen-bond donors (Lipinski definition) is 1. The maximum absolute atomic E-state index is 5.56. The minimum absolute atomic E-state index is 1.04. The number of aromatic nitrogens is 1. The highest BCUT2D eigenvalue weighted by Crippen LogP contribution is 2.29. The van der Waals surface area contributed by atoms with Crippen LogP contribution in [0, 0.1) is 0 Å². The molecule has 1 N–H and O–H groups in total. The average Bonchev–Trinajstić information content (AvgIpc) is 2.60. The fourth-order valence-electron chi connectivity index (χ4n) is 2.67. The lowest BCUT2D eigenvalue weighted by Gasteiger charge is -2.27. The first-order chi connectivity index (χ1) is 7.95. The van der Waals surface area contributed by atoms with Gasteiger partial charge in [0.05, 0.1) is 5.69 Å². The van der Waals surface area contributed by atoms with E-state index >= 15 is 0 Å². The van der Waals surface area contributed by atoms with Crippen LogP contribution in [0.3, 0.4) is 0 Å². The first-order valence-corrected chi connectivity index (χ1v) is 6.38. The molecular weight excluding hydrogens is 202 g/mol. The van der Waals surface area contributed by atoms with Crippen LogP contribution in [0.25, 0.3) is 0 Å². The van der Waals surface area contributed by atoms with Gasteiger partial charge >= 0.3 is 0 Å². The van der Waals surface area contributed by atoms with Crippen LogP contribution < -0.4 is 10.2 Å². The van der Waals surface area contributed by atoms with Gasteiger partial charge in [0.15, 0.2) is 0 Å². The zero-order valence-electron chi connectivity index (χ0n) is 9.67. The maximum atomic E-state index is 5.56. The first kappa shape index (κ1) is 10.1. The van der Waals surface area contributed by atoms with Crippen molar-refractivity contribution in [3.63, 3.8) is 0 Å². The molecule has 0 bridgehead atoms. The summed E-state index contributed by atoms with van der Waals surface area (Å²) in [4.78, 5) is 2.34. The smallest absolute Gasteiger partial charge is 0.230 e. The highest BCUT2D eigenvalue weighted by molar-refractivity contribution is 5.47. The predicted octanol–water partition coefficient (Wildman–Crippen LogP) is 1.35. The summed E-state index contributed by atoms with van der Waals surface area (Å²) in [6, 6.07) is 0. The number of aryl methyl sites for hydroxylation is 1. The molecule has 2 aliphatic rings. The van der Waals surface area contributed by atoms with E-state index in [4.69, 9.17) is 4.52 Å². The molecule has 0 aromatic carbocycles. The molecule has 1 fully saturated rings. The average molecular weight is 221 g/mol. The third-order valence-corrected chi connectivity index (χ3v) is 3.59. The summed E-state index contributed by atoms with van der Waals surface area (Å²) in [6.45, 7) is 4.19. The van der Waals surface area contributed by atoms with Crippen molar-refractivity contribution in [1.29, 1.82) is 0 Å². The quantitative estimate of drug-likeness (QED) is 0.727. The topological polar surface area (TPSA) is 41.3 Å². The van der Waals surface area contributed by atoms with Crippen molar-refractivity contribution in [2.75, 3.05) is 31.1 Å². The molecule has 0 unspecified atom stereocenters. The van der Waals surface area contributed by atoms with Crippen molar-refractivity contribution in [2.24, 2.45) is 0 Å². The van der Waals surface area contributed by atoms with Crippen LogP contribution in [0.5, 0.6) is 0 Å². The number of hydrogen-bond acceptors (Lipinski definition) is 4. The number of anilines is 1. The molecule has 0 amide bonds. The van der Waals surface area contributed by atoms with E-state index in [1.165, 1.54) is 30.5 Å². The summed E-state index contributed by atoms with van der Waals surface area (Å²) in [5.74, 6) is 1.05. The summed E-state index contributed by atoms with van der Waals surface area (Å²) in [6.07, 6.45) is 6.13. The Labute approximate surface area is 96.0 Å². The third-order valence-electron chi connectivity index (χ3n) is 3.59. The number of piperazine rings is 1. The highest BCUT2D eigenvalue weighted by Gasteiger charge is 2.23. The van der Waals surface area contributed by atoms with Crippen molar-refractivity contribution in [2.45, 2.75) is 32.1 Å². The van der Waals surface area contributed by atoms with Crippen LogP contribution in [0.1, 0.15) is 30.5 Å². The number of nitrogens with one attached hydrogen (secondary N) is 1. The fourth-order valence-corrected chi connectivity index (χ4v) is 2.67. The zero-order valence-corrected chi connectivity index (χ0v) is 9.67. The molecule has 0 atom stereocenters. The highest BCUT2D eigenvalue weighted by atomic mass is 16.5. The molecule has 16 heavy (non-hydrogen) atoms. The molecule has 1 aromatic heterocycles. The van der Waals surface area contributed by atoms with E-state index in [0.29, 0.717) is 0 Å². The zero-order chi connectivity index (χ0) is 10.8. The minimum atomic E-state index is 1.04. The Morgan fingerprint density at radius 3 is 2.75 bits per heavy atom. The van der Waals surface area contributed by atoms with Gasteiger partial charge in [0.25, 0.3) is 0 Å². The molecule has 0 spiro atoms. The second-order valence-electron chi connectivity index (χ2n) is 4.71. The van der Waals surface area contributed by atoms with Crippen molar-refractivity contribution in [3.8, 4) is 0 Å². The molecule has 3 rings (SSSR count). The van der Waals surface area contributed by atoms with Crippen LogP contribution >= 0.6 is 0 Å². The van der Waals surface area contributed by atoms with Crippen LogP contribution in [0.4, 0.5) is 5.88 Å². The summed E-state index contributed by atoms with van der Waals surface area (Å²) in [5, 5.41) is 7.62. The third kappa shape index (κ3) is 1.82. The van der Waals surface area contributed by atoms with Crippen LogP contribution in [-0.4, -0.2) is 31.3 Å². The molecule has 88 valence electrons. The lowest BCUT2D eigenvalue weighted by molar-refractivity contribution is 0.398. The summed E-state index contributed by atoms with van der Waals surface area (Å²) in [7, 11) is 0. The van der Waals surface area contributed by atoms with E-state index in [1.807, 2.05) is 0 Å². The largest absolute Gasteiger partial charge is 0.338 e. The summed E-state index contributed by atoms with van der Waals surface area (Å²) in [5.41, 5.74) is 2.60. The van der Waals surface area contributed by atoms with Crippen LogP contribution in [0.15, 0.2) is 4.52 Å². The molecule has 0 radical (unpaired) electrons. The first-order valence-electron chi connectivity index (χ1n) is 6.38. The Bertz CT molecular complexity index is 355. The number of rotatable bonds is 1. The molecule has 0 saturated carbocycles. The standard InChI is InChI=1S/C12H19N3O/c1-2-4-10-11(5-3-1)14-16-12(10)15-8-6-13-7-9-15/h13H,1-9H2. The Hall–Kier alpha value is -1.03. The Kier molecular flexibility index (Phi) is 2.82. The lowest BCUT2D eigenvalue weighted by Crippen LogP contribution is -2.43. The molecule has 1 aromatic rings.